The summed E-state index contributed by atoms with van der Waals surface area (Å²) < 4.78 is 1.83. The molecule has 1 aromatic carbocycles. The van der Waals surface area contributed by atoms with Crippen LogP contribution in [0.15, 0.2) is 41.9 Å². The van der Waals surface area contributed by atoms with Crippen LogP contribution >= 0.6 is 22.9 Å². The molecule has 0 aliphatic carbocycles. The van der Waals surface area contributed by atoms with Gasteiger partial charge in [0.05, 0.1) is 17.4 Å². The molecular weight excluding hydrogens is 382 g/mol. The summed E-state index contributed by atoms with van der Waals surface area (Å²) in [4.78, 5) is 19.4. The van der Waals surface area contributed by atoms with Gasteiger partial charge < -0.3 is 0 Å². The molecule has 27 heavy (non-hydrogen) atoms. The molecule has 2 aromatic heterocycles. The third kappa shape index (κ3) is 4.21. The number of likely N-dealkylation sites (tertiary alicyclic amines) is 1. The molecule has 1 saturated heterocycles. The Morgan fingerprint density at radius 2 is 2.30 bits per heavy atom. The van der Waals surface area contributed by atoms with Crippen LogP contribution < -0.4 is 5.32 Å². The number of thiazole rings is 1. The van der Waals surface area contributed by atoms with Gasteiger partial charge in [-0.25, -0.2) is 4.98 Å². The van der Waals surface area contributed by atoms with E-state index in [-0.39, 0.29) is 11.9 Å². The van der Waals surface area contributed by atoms with E-state index in [1.54, 1.807) is 24.3 Å². The lowest BCUT2D eigenvalue weighted by molar-refractivity contribution is 0.102. The number of anilines is 1. The first-order valence-corrected chi connectivity index (χ1v) is 10.1. The predicted octanol–water partition coefficient (Wildman–Crippen LogP) is 4.12. The van der Waals surface area contributed by atoms with Gasteiger partial charge in [-0.2, -0.15) is 5.10 Å². The standard InChI is InChI=1S/C19H20ClN5OS/c1-24-9-7-15(23-24)11-25-8-3-6-17(25)16-12-27-19(21-16)22-18(26)13-4-2-5-14(20)10-13/h2,4-5,7,9-10,12,17H,3,6,8,11H2,1H3,(H,21,22,26)/t17-/m0/s1. The second kappa shape index (κ2) is 7.80. The third-order valence-electron chi connectivity index (χ3n) is 4.67. The van der Waals surface area contributed by atoms with Gasteiger partial charge in [0.2, 0.25) is 0 Å². The van der Waals surface area contributed by atoms with Crippen molar-refractivity contribution < 1.29 is 4.79 Å². The van der Waals surface area contributed by atoms with Crippen LogP contribution in [-0.2, 0) is 13.6 Å². The molecule has 0 bridgehead atoms. The van der Waals surface area contributed by atoms with Gasteiger partial charge in [-0.05, 0) is 43.7 Å². The van der Waals surface area contributed by atoms with Crippen molar-refractivity contribution in [3.8, 4) is 0 Å². The molecule has 1 amide bonds. The topological polar surface area (TPSA) is 63.0 Å². The molecule has 0 spiro atoms. The molecule has 8 heteroatoms. The number of amides is 1. The average Bonchev–Trinajstić information content (AvgIpc) is 3.37. The third-order valence-corrected chi connectivity index (χ3v) is 5.68. The Labute approximate surface area is 166 Å². The lowest BCUT2D eigenvalue weighted by atomic mass is 10.1. The first-order valence-electron chi connectivity index (χ1n) is 8.83. The van der Waals surface area contributed by atoms with Crippen LogP contribution in [0, 0.1) is 0 Å². The second-order valence-corrected chi connectivity index (χ2v) is 7.95. The van der Waals surface area contributed by atoms with Crippen LogP contribution in [-0.4, -0.2) is 32.1 Å². The average molecular weight is 402 g/mol. The van der Waals surface area contributed by atoms with Crippen molar-refractivity contribution in [2.75, 3.05) is 11.9 Å². The summed E-state index contributed by atoms with van der Waals surface area (Å²) in [6.45, 7) is 1.84. The zero-order valence-electron chi connectivity index (χ0n) is 14.9. The van der Waals surface area contributed by atoms with Crippen molar-refractivity contribution in [2.45, 2.75) is 25.4 Å². The Balaban J connectivity index is 1.44. The zero-order chi connectivity index (χ0) is 18.8. The highest BCUT2D eigenvalue weighted by Gasteiger charge is 2.28. The van der Waals surface area contributed by atoms with E-state index in [2.05, 4.69) is 20.3 Å². The summed E-state index contributed by atoms with van der Waals surface area (Å²) in [5.74, 6) is -0.199. The first-order chi connectivity index (χ1) is 13.1. The van der Waals surface area contributed by atoms with E-state index in [1.165, 1.54) is 11.3 Å². The highest BCUT2D eigenvalue weighted by atomic mass is 35.5. The Bertz CT molecular complexity index is 953. The number of halogens is 1. The highest BCUT2D eigenvalue weighted by molar-refractivity contribution is 7.14. The van der Waals surface area contributed by atoms with Gasteiger partial charge in [0, 0.05) is 35.8 Å². The second-order valence-electron chi connectivity index (χ2n) is 6.65. The van der Waals surface area contributed by atoms with Crippen molar-refractivity contribution in [1.29, 1.82) is 0 Å². The molecule has 6 nitrogen and oxygen atoms in total. The minimum Gasteiger partial charge on any atom is -0.298 e. The number of hydrogen-bond donors (Lipinski definition) is 1. The molecule has 0 radical (unpaired) electrons. The fraction of sp³-hybridized carbons (Fsp3) is 0.316. The Morgan fingerprint density at radius 1 is 1.41 bits per heavy atom. The fourth-order valence-electron chi connectivity index (χ4n) is 3.40. The highest BCUT2D eigenvalue weighted by Crippen LogP contribution is 2.34. The van der Waals surface area contributed by atoms with Crippen molar-refractivity contribution in [1.82, 2.24) is 19.7 Å². The summed E-state index contributed by atoms with van der Waals surface area (Å²) in [5, 5.41) is 10.5. The number of nitrogens with one attached hydrogen (secondary N) is 1. The predicted molar refractivity (Wildman–Crippen MR) is 107 cm³/mol. The number of nitrogens with zero attached hydrogens (tertiary/aromatic N) is 4. The van der Waals surface area contributed by atoms with Crippen molar-refractivity contribution >= 4 is 34.0 Å². The van der Waals surface area contributed by atoms with E-state index in [1.807, 2.05) is 29.4 Å². The van der Waals surface area contributed by atoms with Gasteiger partial charge in [0.1, 0.15) is 0 Å². The molecule has 4 rings (SSSR count). The van der Waals surface area contributed by atoms with Crippen LogP contribution in [0.2, 0.25) is 5.02 Å². The van der Waals surface area contributed by atoms with E-state index in [9.17, 15) is 4.79 Å². The maximum Gasteiger partial charge on any atom is 0.257 e. The van der Waals surface area contributed by atoms with Gasteiger partial charge in [-0.15, -0.1) is 11.3 Å². The van der Waals surface area contributed by atoms with Crippen LogP contribution in [0.4, 0.5) is 5.13 Å². The molecule has 1 aliphatic rings. The molecule has 1 fully saturated rings. The quantitative estimate of drug-likeness (QED) is 0.698. The van der Waals surface area contributed by atoms with Crippen molar-refractivity contribution in [3.05, 3.63) is 63.9 Å². The number of hydrogen-bond acceptors (Lipinski definition) is 5. The lowest BCUT2D eigenvalue weighted by Crippen LogP contribution is -2.23. The van der Waals surface area contributed by atoms with Crippen molar-refractivity contribution in [3.63, 3.8) is 0 Å². The minimum atomic E-state index is -0.199. The molecule has 3 heterocycles. The van der Waals surface area contributed by atoms with Crippen LogP contribution in [0.1, 0.15) is 40.6 Å². The number of carbonyl (C=O) groups excluding carboxylic acids is 1. The number of carbonyl (C=O) groups is 1. The summed E-state index contributed by atoms with van der Waals surface area (Å²) >= 11 is 7.41. The minimum absolute atomic E-state index is 0.199. The molecule has 140 valence electrons. The molecule has 1 atom stereocenters. The van der Waals surface area contributed by atoms with Gasteiger partial charge in [0.25, 0.3) is 5.91 Å². The normalized spacial score (nSPS) is 17.3. The smallest absolute Gasteiger partial charge is 0.257 e. The summed E-state index contributed by atoms with van der Waals surface area (Å²) in [6.07, 6.45) is 4.17. The van der Waals surface area contributed by atoms with Crippen LogP contribution in [0.3, 0.4) is 0 Å². The summed E-state index contributed by atoms with van der Waals surface area (Å²) in [5.41, 5.74) is 2.60. The monoisotopic (exact) mass is 401 g/mol. The largest absolute Gasteiger partial charge is 0.298 e. The van der Waals surface area contributed by atoms with Gasteiger partial charge in [-0.1, -0.05) is 17.7 Å². The maximum atomic E-state index is 12.4. The SMILES string of the molecule is Cn1ccc(CN2CCC[C@H]2c2csc(NC(=O)c3cccc(Cl)c3)n2)n1. The fourth-order valence-corrected chi connectivity index (χ4v) is 4.34. The number of benzene rings is 1. The van der Waals surface area contributed by atoms with E-state index < -0.39 is 0 Å². The number of aromatic nitrogens is 3. The zero-order valence-corrected chi connectivity index (χ0v) is 16.5. The lowest BCUT2D eigenvalue weighted by Gasteiger charge is -2.21. The van der Waals surface area contributed by atoms with Gasteiger partial charge >= 0.3 is 0 Å². The van der Waals surface area contributed by atoms with E-state index in [0.29, 0.717) is 15.7 Å². The molecule has 1 aliphatic heterocycles. The Kier molecular flexibility index (Phi) is 5.24. The van der Waals surface area contributed by atoms with Gasteiger partial charge in [0.15, 0.2) is 5.13 Å². The molecule has 3 aromatic rings. The molecule has 1 N–H and O–H groups in total. The van der Waals surface area contributed by atoms with E-state index >= 15 is 0 Å². The first kappa shape index (κ1) is 18.2. The van der Waals surface area contributed by atoms with Gasteiger partial charge in [-0.3, -0.25) is 19.7 Å². The van der Waals surface area contributed by atoms with E-state index in [0.717, 1.165) is 37.3 Å². The Morgan fingerprint density at radius 3 is 3.07 bits per heavy atom. The van der Waals surface area contributed by atoms with Crippen LogP contribution in [0.5, 0.6) is 0 Å². The summed E-state index contributed by atoms with van der Waals surface area (Å²) in [6, 6.07) is 9.21. The molecule has 0 saturated carbocycles. The molecule has 0 unspecified atom stereocenters. The van der Waals surface area contributed by atoms with Crippen molar-refractivity contribution in [2.24, 2.45) is 7.05 Å². The number of rotatable bonds is 5. The summed E-state index contributed by atoms with van der Waals surface area (Å²) in [7, 11) is 1.93. The maximum absolute atomic E-state index is 12.4. The number of aryl methyl sites for hydroxylation is 1. The van der Waals surface area contributed by atoms with Crippen LogP contribution in [0.25, 0.3) is 0 Å². The Hall–Kier alpha value is -2.22. The molecular formula is C19H20ClN5OS. The van der Waals surface area contributed by atoms with E-state index in [4.69, 9.17) is 11.6 Å².